The lowest BCUT2D eigenvalue weighted by atomic mass is 10.4. The fourth-order valence-electron chi connectivity index (χ4n) is 1.27. The molecule has 0 radical (unpaired) electrons. The second-order valence-corrected chi connectivity index (χ2v) is 3.66. The Morgan fingerprint density at radius 1 is 1.41 bits per heavy atom. The summed E-state index contributed by atoms with van der Waals surface area (Å²) in [7, 11) is 0. The largest absolute Gasteiger partial charge is 0.475 e. The van der Waals surface area contributed by atoms with E-state index in [0.29, 0.717) is 23.3 Å². The molecule has 0 spiro atoms. The van der Waals surface area contributed by atoms with Crippen LogP contribution in [0.25, 0.3) is 0 Å². The van der Waals surface area contributed by atoms with Gasteiger partial charge in [-0.2, -0.15) is 0 Å². The third kappa shape index (κ3) is 2.98. The number of aromatic nitrogens is 1. The molecular formula is C11H9ClN2O3. The van der Waals surface area contributed by atoms with Gasteiger partial charge < -0.3 is 14.8 Å². The topological polar surface area (TPSA) is 75.4 Å². The summed E-state index contributed by atoms with van der Waals surface area (Å²) in [4.78, 5) is 14.6. The Balaban J connectivity index is 2.00. The smallest absolute Gasteiger partial charge is 0.371 e. The first-order valence-corrected chi connectivity index (χ1v) is 5.21. The van der Waals surface area contributed by atoms with E-state index in [9.17, 15) is 4.79 Å². The van der Waals surface area contributed by atoms with Crippen molar-refractivity contribution in [1.29, 1.82) is 0 Å². The highest BCUT2D eigenvalue weighted by Gasteiger charge is 2.08. The van der Waals surface area contributed by atoms with Gasteiger partial charge in [-0.1, -0.05) is 17.7 Å². The number of anilines is 1. The summed E-state index contributed by atoms with van der Waals surface area (Å²) in [5.74, 6) is -0.0482. The van der Waals surface area contributed by atoms with Crippen LogP contribution in [-0.4, -0.2) is 16.1 Å². The first-order valence-electron chi connectivity index (χ1n) is 4.83. The first-order chi connectivity index (χ1) is 8.15. The number of carbonyl (C=O) groups is 1. The first kappa shape index (κ1) is 11.5. The maximum Gasteiger partial charge on any atom is 0.371 e. The maximum atomic E-state index is 10.6. The molecule has 17 heavy (non-hydrogen) atoms. The minimum absolute atomic E-state index is 0.0825. The monoisotopic (exact) mass is 252 g/mol. The molecule has 88 valence electrons. The molecule has 6 heteroatoms. The summed E-state index contributed by atoms with van der Waals surface area (Å²) in [5, 5.41) is 12.0. The molecule has 0 amide bonds. The Hall–Kier alpha value is -2.01. The molecule has 0 aliphatic heterocycles. The normalized spacial score (nSPS) is 10.2. The number of furan rings is 1. The van der Waals surface area contributed by atoms with E-state index in [1.807, 2.05) is 0 Å². The highest BCUT2D eigenvalue weighted by atomic mass is 35.5. The average Bonchev–Trinajstić information content (AvgIpc) is 2.75. The van der Waals surface area contributed by atoms with Crippen molar-refractivity contribution in [2.45, 2.75) is 6.54 Å². The van der Waals surface area contributed by atoms with E-state index in [-0.39, 0.29) is 5.76 Å². The van der Waals surface area contributed by atoms with Gasteiger partial charge in [-0.3, -0.25) is 0 Å². The number of rotatable bonds is 4. The summed E-state index contributed by atoms with van der Waals surface area (Å²) in [6.45, 7) is 0.348. The fourth-order valence-corrected chi connectivity index (χ4v) is 1.44. The van der Waals surface area contributed by atoms with Gasteiger partial charge in [0.05, 0.1) is 6.54 Å². The number of pyridine rings is 1. The van der Waals surface area contributed by atoms with Crippen LogP contribution in [0.3, 0.4) is 0 Å². The quantitative estimate of drug-likeness (QED) is 0.818. The van der Waals surface area contributed by atoms with E-state index < -0.39 is 5.97 Å². The minimum Gasteiger partial charge on any atom is -0.475 e. The Morgan fingerprint density at radius 3 is 2.88 bits per heavy atom. The van der Waals surface area contributed by atoms with Crippen LogP contribution in [0.2, 0.25) is 5.15 Å². The van der Waals surface area contributed by atoms with Crippen molar-refractivity contribution in [1.82, 2.24) is 4.98 Å². The lowest BCUT2D eigenvalue weighted by molar-refractivity contribution is 0.0660. The molecule has 2 heterocycles. The van der Waals surface area contributed by atoms with E-state index in [0.717, 1.165) is 0 Å². The van der Waals surface area contributed by atoms with Gasteiger partial charge in [0.2, 0.25) is 5.76 Å². The number of hydrogen-bond acceptors (Lipinski definition) is 4. The zero-order valence-electron chi connectivity index (χ0n) is 8.68. The van der Waals surface area contributed by atoms with Crippen LogP contribution in [0.15, 0.2) is 34.7 Å². The Labute approximate surface area is 102 Å². The summed E-state index contributed by atoms with van der Waals surface area (Å²) in [6.07, 6.45) is 0. The molecular weight excluding hydrogens is 244 g/mol. The minimum atomic E-state index is -1.09. The highest BCUT2D eigenvalue weighted by molar-refractivity contribution is 6.29. The van der Waals surface area contributed by atoms with Gasteiger partial charge in [0.25, 0.3) is 0 Å². The van der Waals surface area contributed by atoms with Gasteiger partial charge in [0, 0.05) is 0 Å². The number of hydrogen-bond donors (Lipinski definition) is 2. The third-order valence-electron chi connectivity index (χ3n) is 2.03. The van der Waals surface area contributed by atoms with E-state index in [2.05, 4.69) is 10.3 Å². The second-order valence-electron chi connectivity index (χ2n) is 3.27. The molecule has 0 saturated carbocycles. The van der Waals surface area contributed by atoms with Crippen LogP contribution in [0.5, 0.6) is 0 Å². The number of carboxylic acid groups (broad SMARTS) is 1. The molecule has 0 aliphatic carbocycles. The lowest BCUT2D eigenvalue weighted by Crippen LogP contribution is -2.00. The van der Waals surface area contributed by atoms with Crippen molar-refractivity contribution in [3.05, 3.63) is 47.0 Å². The second kappa shape index (κ2) is 4.88. The summed E-state index contributed by atoms with van der Waals surface area (Å²) in [6, 6.07) is 8.20. The number of nitrogens with one attached hydrogen (secondary N) is 1. The van der Waals surface area contributed by atoms with E-state index in [1.54, 1.807) is 24.3 Å². The van der Waals surface area contributed by atoms with Crippen LogP contribution < -0.4 is 5.32 Å². The van der Waals surface area contributed by atoms with Crippen molar-refractivity contribution >= 4 is 23.4 Å². The van der Waals surface area contributed by atoms with Crippen LogP contribution >= 0.6 is 11.6 Å². The zero-order chi connectivity index (χ0) is 12.3. The number of carboxylic acids is 1. The average molecular weight is 253 g/mol. The molecule has 0 atom stereocenters. The SMILES string of the molecule is O=C(O)c1ccc(CNc2cccc(Cl)n2)o1. The molecule has 0 bridgehead atoms. The number of aromatic carboxylic acids is 1. The fraction of sp³-hybridized carbons (Fsp3) is 0.0909. The molecule has 0 saturated heterocycles. The van der Waals surface area contributed by atoms with E-state index in [4.69, 9.17) is 21.1 Å². The summed E-state index contributed by atoms with van der Waals surface area (Å²) >= 11 is 5.72. The van der Waals surface area contributed by atoms with E-state index >= 15 is 0 Å². The molecule has 2 aromatic heterocycles. The van der Waals surface area contributed by atoms with Gasteiger partial charge in [-0.25, -0.2) is 9.78 Å². The Morgan fingerprint density at radius 2 is 2.24 bits per heavy atom. The van der Waals surface area contributed by atoms with Crippen molar-refractivity contribution in [3.63, 3.8) is 0 Å². The van der Waals surface area contributed by atoms with Gasteiger partial charge in [0.1, 0.15) is 16.7 Å². The predicted molar refractivity (Wildman–Crippen MR) is 62.2 cm³/mol. The van der Waals surface area contributed by atoms with Crippen molar-refractivity contribution < 1.29 is 14.3 Å². The predicted octanol–water partition coefficient (Wildman–Crippen LogP) is 2.64. The Kier molecular flexibility index (Phi) is 3.30. The molecule has 5 nitrogen and oxygen atoms in total. The summed E-state index contributed by atoms with van der Waals surface area (Å²) in [5.41, 5.74) is 0. The standard InChI is InChI=1S/C11H9ClN2O3/c12-9-2-1-3-10(14-9)13-6-7-4-5-8(17-7)11(15)16/h1-5H,6H2,(H,13,14)(H,15,16). The van der Waals surface area contributed by atoms with Gasteiger partial charge in [-0.05, 0) is 24.3 Å². The zero-order valence-corrected chi connectivity index (χ0v) is 9.44. The van der Waals surface area contributed by atoms with Gasteiger partial charge in [-0.15, -0.1) is 0 Å². The number of nitrogens with zero attached hydrogens (tertiary/aromatic N) is 1. The van der Waals surface area contributed by atoms with Crippen LogP contribution in [0, 0.1) is 0 Å². The number of halogens is 1. The molecule has 0 unspecified atom stereocenters. The van der Waals surface area contributed by atoms with Crippen LogP contribution in [-0.2, 0) is 6.54 Å². The molecule has 0 aliphatic rings. The molecule has 2 N–H and O–H groups in total. The highest BCUT2D eigenvalue weighted by Crippen LogP contribution is 2.12. The van der Waals surface area contributed by atoms with Crippen LogP contribution in [0.1, 0.15) is 16.3 Å². The van der Waals surface area contributed by atoms with E-state index in [1.165, 1.54) is 6.07 Å². The van der Waals surface area contributed by atoms with Crippen molar-refractivity contribution in [3.8, 4) is 0 Å². The van der Waals surface area contributed by atoms with Crippen molar-refractivity contribution in [2.24, 2.45) is 0 Å². The van der Waals surface area contributed by atoms with Gasteiger partial charge >= 0.3 is 5.97 Å². The molecule has 0 fully saturated rings. The third-order valence-corrected chi connectivity index (χ3v) is 2.24. The maximum absolute atomic E-state index is 10.6. The van der Waals surface area contributed by atoms with Crippen LogP contribution in [0.4, 0.5) is 5.82 Å². The van der Waals surface area contributed by atoms with Crippen molar-refractivity contribution in [2.75, 3.05) is 5.32 Å². The molecule has 2 aromatic rings. The molecule has 0 aromatic carbocycles. The van der Waals surface area contributed by atoms with Gasteiger partial charge in [0.15, 0.2) is 0 Å². The molecule has 2 rings (SSSR count). The lowest BCUT2D eigenvalue weighted by Gasteiger charge is -2.02. The summed E-state index contributed by atoms with van der Waals surface area (Å²) < 4.78 is 5.07. The Bertz CT molecular complexity index is 539.